The highest BCUT2D eigenvalue weighted by Gasteiger charge is 2.86. The second kappa shape index (κ2) is 12.3. The van der Waals surface area contributed by atoms with Crippen molar-refractivity contribution in [3.8, 4) is 0 Å². The lowest BCUT2D eigenvalue weighted by atomic mass is 9.42. The summed E-state index contributed by atoms with van der Waals surface area (Å²) in [4.78, 5) is 93.2. The summed E-state index contributed by atoms with van der Waals surface area (Å²) in [5, 5.41) is 0. The molecule has 1 heterocycles. The second-order valence-electron chi connectivity index (χ2n) is 15.3. The van der Waals surface area contributed by atoms with Gasteiger partial charge in [0, 0.05) is 51.9 Å². The van der Waals surface area contributed by atoms with Gasteiger partial charge in [0.25, 0.3) is 0 Å². The van der Waals surface area contributed by atoms with Gasteiger partial charge in [-0.25, -0.2) is 0 Å². The third-order valence-corrected chi connectivity index (χ3v) is 11.5. The number of Topliss-reactive ketones (excluding diaryl/α,β-unsaturated/α-hetero) is 1. The van der Waals surface area contributed by atoms with Crippen LogP contribution in [0, 0.1) is 40.9 Å². The highest BCUT2D eigenvalue weighted by Crippen LogP contribution is 2.73. The van der Waals surface area contributed by atoms with Crippen LogP contribution in [0.4, 0.5) is 0 Å². The Morgan fingerprint density at radius 2 is 1.45 bits per heavy atom. The fraction of sp³-hybridized carbons (Fsp3) is 0.800. The van der Waals surface area contributed by atoms with E-state index in [1.807, 2.05) is 0 Å². The minimum atomic E-state index is -1.84. The van der Waals surface area contributed by atoms with Gasteiger partial charge in [-0.2, -0.15) is 0 Å². The molecule has 0 N–H and O–H groups in total. The summed E-state index contributed by atoms with van der Waals surface area (Å²) in [6.45, 7) is 14.4. The van der Waals surface area contributed by atoms with Crippen LogP contribution in [0.3, 0.4) is 0 Å². The molecule has 49 heavy (non-hydrogen) atoms. The fourth-order valence-electron chi connectivity index (χ4n) is 10.2. The van der Waals surface area contributed by atoms with Crippen LogP contribution in [0.5, 0.6) is 0 Å². The van der Waals surface area contributed by atoms with Crippen molar-refractivity contribution in [3.05, 3.63) is 0 Å². The van der Waals surface area contributed by atoms with Crippen LogP contribution in [0.25, 0.3) is 0 Å². The Kier molecular flexibility index (Phi) is 9.25. The Bertz CT molecular complexity index is 1450. The van der Waals surface area contributed by atoms with Crippen LogP contribution in [0.15, 0.2) is 0 Å². The van der Waals surface area contributed by atoms with Crippen LogP contribution < -0.4 is 0 Å². The number of rotatable bonds is 8. The quantitative estimate of drug-likeness (QED) is 0.267. The molecule has 1 saturated heterocycles. The average molecular weight is 693 g/mol. The lowest BCUT2D eigenvalue weighted by molar-refractivity contribution is -0.261. The van der Waals surface area contributed by atoms with Gasteiger partial charge in [0.2, 0.25) is 0 Å². The fourth-order valence-corrected chi connectivity index (χ4v) is 10.2. The molecule has 0 aromatic rings. The van der Waals surface area contributed by atoms with Gasteiger partial charge in [-0.3, -0.25) is 33.6 Å². The Balaban J connectivity index is 1.88. The molecule has 4 saturated carbocycles. The highest BCUT2D eigenvalue weighted by atomic mass is 16.6. The molecule has 0 aromatic carbocycles. The summed E-state index contributed by atoms with van der Waals surface area (Å²) in [6, 6.07) is 0. The Hall–Kier alpha value is -3.55. The lowest BCUT2D eigenvalue weighted by Crippen LogP contribution is -2.75. The normalized spacial score (nSPS) is 43.1. The van der Waals surface area contributed by atoms with Gasteiger partial charge >= 0.3 is 35.8 Å². The molecule has 0 aromatic heterocycles. The van der Waals surface area contributed by atoms with Gasteiger partial charge < -0.3 is 33.2 Å². The van der Waals surface area contributed by atoms with E-state index in [-0.39, 0.29) is 25.9 Å². The first-order valence-corrected chi connectivity index (χ1v) is 17.0. The molecule has 5 aliphatic rings. The van der Waals surface area contributed by atoms with Gasteiger partial charge in [0.05, 0.1) is 23.9 Å². The van der Waals surface area contributed by atoms with Crippen LogP contribution in [-0.2, 0) is 66.7 Å². The summed E-state index contributed by atoms with van der Waals surface area (Å²) in [6.07, 6.45) is -5.24. The van der Waals surface area contributed by atoms with E-state index in [0.717, 1.165) is 6.92 Å². The first-order chi connectivity index (χ1) is 22.7. The number of fused-ring (bicyclic) bond motifs is 2. The van der Waals surface area contributed by atoms with E-state index in [0.29, 0.717) is 0 Å². The van der Waals surface area contributed by atoms with Crippen molar-refractivity contribution in [2.24, 2.45) is 40.9 Å². The van der Waals surface area contributed by atoms with E-state index in [4.69, 9.17) is 33.2 Å². The summed E-state index contributed by atoms with van der Waals surface area (Å²) >= 11 is 0. The average Bonchev–Trinajstić information content (AvgIpc) is 3.40. The van der Waals surface area contributed by atoms with Crippen LogP contribution in [0.1, 0.15) is 88.5 Å². The summed E-state index contributed by atoms with van der Waals surface area (Å²) in [5.74, 6) is -9.53. The van der Waals surface area contributed by atoms with E-state index in [9.17, 15) is 28.8 Å². The predicted molar refractivity (Wildman–Crippen MR) is 165 cm³/mol. The molecule has 1 unspecified atom stereocenters. The van der Waals surface area contributed by atoms with E-state index in [2.05, 4.69) is 0 Å². The van der Waals surface area contributed by atoms with E-state index in [1.54, 1.807) is 41.5 Å². The number of ether oxygens (including phenoxy) is 7. The van der Waals surface area contributed by atoms with Crippen molar-refractivity contribution in [1.29, 1.82) is 0 Å². The van der Waals surface area contributed by atoms with Gasteiger partial charge in [0.15, 0.2) is 23.6 Å². The van der Waals surface area contributed by atoms with E-state index in [1.165, 1.54) is 20.8 Å². The molecule has 13 atom stereocenters. The van der Waals surface area contributed by atoms with Gasteiger partial charge in [-0.1, -0.05) is 27.7 Å². The van der Waals surface area contributed by atoms with E-state index >= 15 is 4.79 Å². The second-order valence-corrected chi connectivity index (χ2v) is 15.3. The monoisotopic (exact) mass is 692 g/mol. The van der Waals surface area contributed by atoms with Crippen LogP contribution in [-0.4, -0.2) is 89.4 Å². The van der Waals surface area contributed by atoms with Gasteiger partial charge in [0.1, 0.15) is 23.4 Å². The number of esters is 6. The van der Waals surface area contributed by atoms with Crippen molar-refractivity contribution in [2.75, 3.05) is 6.61 Å². The number of ketones is 1. The molecule has 272 valence electrons. The molecule has 14 heteroatoms. The lowest BCUT2D eigenvalue weighted by Gasteiger charge is -2.64. The summed E-state index contributed by atoms with van der Waals surface area (Å²) < 4.78 is 43.1. The molecule has 1 aliphatic heterocycles. The minimum Gasteiger partial charge on any atom is -0.461 e. The number of carbonyl (C=O) groups is 7. The molecule has 0 radical (unpaired) electrons. The van der Waals surface area contributed by atoms with Crippen LogP contribution >= 0.6 is 0 Å². The molecule has 4 aliphatic carbocycles. The first-order valence-electron chi connectivity index (χ1n) is 17.0. The van der Waals surface area contributed by atoms with Crippen LogP contribution in [0.2, 0.25) is 0 Å². The van der Waals surface area contributed by atoms with Crippen molar-refractivity contribution >= 4 is 41.6 Å². The number of carbonyl (C=O) groups excluding carboxylic acids is 7. The van der Waals surface area contributed by atoms with Crippen molar-refractivity contribution in [3.63, 3.8) is 0 Å². The Morgan fingerprint density at radius 3 is 1.98 bits per heavy atom. The zero-order valence-electron chi connectivity index (χ0n) is 29.8. The molecule has 14 nitrogen and oxygen atoms in total. The number of hydrogen-bond donors (Lipinski definition) is 0. The third kappa shape index (κ3) is 5.43. The summed E-state index contributed by atoms with van der Waals surface area (Å²) in [7, 11) is 0. The molecule has 0 spiro atoms. The molecule has 5 rings (SSSR count). The maximum absolute atomic E-state index is 15.3. The van der Waals surface area contributed by atoms with Crippen molar-refractivity contribution in [2.45, 2.75) is 130 Å². The summed E-state index contributed by atoms with van der Waals surface area (Å²) in [5.41, 5.74) is -6.53. The highest BCUT2D eigenvalue weighted by molar-refractivity contribution is 5.95. The molecular formula is C35H48O14. The molecule has 0 amide bonds. The SMILES string of the molecule is CCC(=O)O[C@H]1C(C)C[C@@]2(OC(C)=O)[C@H]1[C@@H](OC(C)=O)[C@@]13CO[C@@](C)([C@@H]2OC(C)=O)[C@@H]1[C@@H]1[C@@H](C[C@]1(C)OC(C)=O)[C@@H](OC(=O)C(C)C)C3=O. The third-order valence-electron chi connectivity index (χ3n) is 11.5. The van der Waals surface area contributed by atoms with E-state index < -0.39 is 124 Å². The maximum atomic E-state index is 15.3. The minimum absolute atomic E-state index is 0.00659. The molecule has 2 bridgehead atoms. The maximum Gasteiger partial charge on any atom is 0.309 e. The number of hydrogen-bond acceptors (Lipinski definition) is 14. The smallest absolute Gasteiger partial charge is 0.309 e. The zero-order chi connectivity index (χ0) is 36.6. The largest absolute Gasteiger partial charge is 0.461 e. The van der Waals surface area contributed by atoms with Crippen molar-refractivity contribution < 1.29 is 66.7 Å². The zero-order valence-corrected chi connectivity index (χ0v) is 29.8. The molecule has 5 fully saturated rings. The van der Waals surface area contributed by atoms with Gasteiger partial charge in [-0.05, 0) is 32.6 Å². The predicted octanol–water partition coefficient (Wildman–Crippen LogP) is 2.64. The topological polar surface area (TPSA) is 184 Å². The standard InChI is InChI=1S/C35H48O14/c1-11-22(40)46-25-16(4)12-35(49-20(8)39)24(25)29(44-17(5)36)34-14-43-33(10,31(35)45-18(6)37)27(34)23-21(13-32(23,9)48-19(7)38)26(28(34)41)47-30(42)15(2)3/h15-16,21,23-27,29,31H,11-14H2,1-10H3/t16?,21-,23+,24-,25+,26-,27+,29-,31+,32+,33-,34+,35-/m1/s1. The Labute approximate surface area is 285 Å². The van der Waals surface area contributed by atoms with Gasteiger partial charge in [-0.15, -0.1) is 0 Å². The first kappa shape index (κ1) is 36.7. The molecular weight excluding hydrogens is 644 g/mol. The Morgan fingerprint density at radius 1 is 0.837 bits per heavy atom. The van der Waals surface area contributed by atoms with Crippen molar-refractivity contribution in [1.82, 2.24) is 0 Å².